The third-order valence-corrected chi connectivity index (χ3v) is 3.40. The monoisotopic (exact) mass is 251 g/mol. The number of ether oxygens (including phenoxy) is 1. The van der Waals surface area contributed by atoms with Crippen molar-refractivity contribution in [1.82, 2.24) is 0 Å². The number of hydrogen-bond acceptors (Lipinski definition) is 4. The topological polar surface area (TPSA) is 55.4 Å². The average Bonchev–Trinajstić information content (AvgIpc) is 2.28. The molecule has 1 aromatic carbocycles. The van der Waals surface area contributed by atoms with Crippen LogP contribution in [-0.4, -0.2) is 24.2 Å². The van der Waals surface area contributed by atoms with Gasteiger partial charge in [0.2, 0.25) is 5.91 Å². The molecule has 2 rings (SSSR count). The molecular formula is C12H13NO3S. The molecule has 1 aromatic rings. The number of carbonyl (C=O) groups excluding carboxylic acids is 2. The summed E-state index contributed by atoms with van der Waals surface area (Å²) in [4.78, 5) is 23.6. The number of benzene rings is 1. The molecule has 0 saturated heterocycles. The van der Waals surface area contributed by atoms with Gasteiger partial charge in [-0.15, -0.1) is 11.8 Å². The van der Waals surface area contributed by atoms with Crippen LogP contribution in [0.15, 0.2) is 23.1 Å². The Hall–Kier alpha value is -1.49. The predicted octanol–water partition coefficient (Wildman–Crippen LogP) is 1.84. The first-order chi connectivity index (χ1) is 8.19. The molecule has 0 aromatic heterocycles. The zero-order valence-corrected chi connectivity index (χ0v) is 10.3. The molecule has 0 aliphatic carbocycles. The van der Waals surface area contributed by atoms with Crippen molar-refractivity contribution < 1.29 is 14.3 Å². The van der Waals surface area contributed by atoms with E-state index < -0.39 is 0 Å². The third kappa shape index (κ3) is 3.00. The second-order valence-electron chi connectivity index (χ2n) is 3.65. The summed E-state index contributed by atoms with van der Waals surface area (Å²) in [6, 6.07) is 5.64. The molecule has 0 radical (unpaired) electrons. The Balaban J connectivity index is 2.13. The van der Waals surface area contributed by atoms with Crippen LogP contribution in [0.25, 0.3) is 0 Å². The van der Waals surface area contributed by atoms with E-state index in [9.17, 15) is 9.59 Å². The first kappa shape index (κ1) is 12.0. The number of hydrogen-bond donors (Lipinski definition) is 1. The van der Waals surface area contributed by atoms with E-state index in [1.165, 1.54) is 11.8 Å². The Morgan fingerprint density at radius 1 is 1.53 bits per heavy atom. The highest BCUT2D eigenvalue weighted by Gasteiger charge is 2.16. The average molecular weight is 251 g/mol. The molecule has 90 valence electrons. The molecule has 0 atom stereocenters. The maximum absolute atomic E-state index is 11.3. The molecule has 0 unspecified atom stereocenters. The highest BCUT2D eigenvalue weighted by molar-refractivity contribution is 8.00. The van der Waals surface area contributed by atoms with Gasteiger partial charge in [-0.1, -0.05) is 6.07 Å². The Morgan fingerprint density at radius 2 is 2.35 bits per heavy atom. The van der Waals surface area contributed by atoms with Gasteiger partial charge in [-0.3, -0.25) is 9.59 Å². The van der Waals surface area contributed by atoms with Crippen LogP contribution in [0.5, 0.6) is 0 Å². The maximum atomic E-state index is 11.3. The fourth-order valence-electron chi connectivity index (χ4n) is 1.62. The predicted molar refractivity (Wildman–Crippen MR) is 66.1 cm³/mol. The van der Waals surface area contributed by atoms with E-state index in [1.54, 1.807) is 6.92 Å². The highest BCUT2D eigenvalue weighted by atomic mass is 32.2. The van der Waals surface area contributed by atoms with Gasteiger partial charge in [0.15, 0.2) is 0 Å². The molecule has 0 spiro atoms. The molecule has 4 nitrogen and oxygen atoms in total. The SMILES string of the molecule is CCOC(=O)Cc1ccc2c(c1)NC(=O)CS2. The molecule has 17 heavy (non-hydrogen) atoms. The number of rotatable bonds is 3. The van der Waals surface area contributed by atoms with Crippen molar-refractivity contribution in [3.63, 3.8) is 0 Å². The van der Waals surface area contributed by atoms with E-state index in [2.05, 4.69) is 5.32 Å². The van der Waals surface area contributed by atoms with Gasteiger partial charge in [0.05, 0.1) is 24.5 Å². The Kier molecular flexibility index (Phi) is 3.68. The van der Waals surface area contributed by atoms with Crippen LogP contribution < -0.4 is 5.32 Å². The quantitative estimate of drug-likeness (QED) is 0.833. The van der Waals surface area contributed by atoms with E-state index in [-0.39, 0.29) is 18.3 Å². The van der Waals surface area contributed by atoms with Crippen molar-refractivity contribution in [3.05, 3.63) is 23.8 Å². The van der Waals surface area contributed by atoms with Gasteiger partial charge >= 0.3 is 5.97 Å². The van der Waals surface area contributed by atoms with Crippen LogP contribution in [0, 0.1) is 0 Å². The van der Waals surface area contributed by atoms with Gasteiger partial charge < -0.3 is 10.1 Å². The Labute approximate surface area is 104 Å². The van der Waals surface area contributed by atoms with Gasteiger partial charge in [-0.05, 0) is 24.6 Å². The van der Waals surface area contributed by atoms with Crippen LogP contribution >= 0.6 is 11.8 Å². The van der Waals surface area contributed by atoms with Crippen molar-refractivity contribution in [2.45, 2.75) is 18.2 Å². The Bertz CT molecular complexity index is 459. The van der Waals surface area contributed by atoms with E-state index in [1.807, 2.05) is 18.2 Å². The smallest absolute Gasteiger partial charge is 0.310 e. The van der Waals surface area contributed by atoms with Gasteiger partial charge in [0.1, 0.15) is 0 Å². The molecule has 1 amide bonds. The van der Waals surface area contributed by atoms with Crippen LogP contribution in [-0.2, 0) is 20.7 Å². The fourth-order valence-corrected chi connectivity index (χ4v) is 2.41. The fraction of sp³-hybridized carbons (Fsp3) is 0.333. The molecule has 1 N–H and O–H groups in total. The molecule has 0 bridgehead atoms. The molecule has 1 aliphatic heterocycles. The van der Waals surface area contributed by atoms with E-state index >= 15 is 0 Å². The van der Waals surface area contributed by atoms with Crippen molar-refractivity contribution >= 4 is 29.3 Å². The van der Waals surface area contributed by atoms with Gasteiger partial charge in [-0.25, -0.2) is 0 Å². The zero-order valence-electron chi connectivity index (χ0n) is 9.49. The largest absolute Gasteiger partial charge is 0.466 e. The van der Waals surface area contributed by atoms with E-state index in [0.29, 0.717) is 12.4 Å². The standard InChI is InChI=1S/C12H13NO3S/c1-2-16-12(15)6-8-3-4-10-9(5-8)13-11(14)7-17-10/h3-5H,2,6-7H2,1H3,(H,13,14). The van der Waals surface area contributed by atoms with Crippen LogP contribution in [0.3, 0.4) is 0 Å². The normalized spacial score (nSPS) is 13.8. The maximum Gasteiger partial charge on any atom is 0.310 e. The van der Waals surface area contributed by atoms with E-state index in [0.717, 1.165) is 16.1 Å². The van der Waals surface area contributed by atoms with Crippen molar-refractivity contribution in [2.75, 3.05) is 17.7 Å². The number of fused-ring (bicyclic) bond motifs is 1. The zero-order chi connectivity index (χ0) is 12.3. The molecule has 5 heteroatoms. The summed E-state index contributed by atoms with van der Waals surface area (Å²) in [7, 11) is 0. The summed E-state index contributed by atoms with van der Waals surface area (Å²) < 4.78 is 4.88. The van der Waals surface area contributed by atoms with Crippen molar-refractivity contribution in [1.29, 1.82) is 0 Å². The second kappa shape index (κ2) is 5.23. The van der Waals surface area contributed by atoms with E-state index in [4.69, 9.17) is 4.74 Å². The number of thioether (sulfide) groups is 1. The molecule has 0 fully saturated rings. The minimum absolute atomic E-state index is 0.00390. The summed E-state index contributed by atoms with van der Waals surface area (Å²) in [5.74, 6) is 0.197. The number of anilines is 1. The highest BCUT2D eigenvalue weighted by Crippen LogP contribution is 2.32. The van der Waals surface area contributed by atoms with Crippen molar-refractivity contribution in [3.8, 4) is 0 Å². The second-order valence-corrected chi connectivity index (χ2v) is 4.67. The summed E-state index contributed by atoms with van der Waals surface area (Å²) >= 11 is 1.51. The molecule has 1 aliphatic rings. The summed E-state index contributed by atoms with van der Waals surface area (Å²) in [5.41, 5.74) is 1.64. The summed E-state index contributed by atoms with van der Waals surface area (Å²) in [6.45, 7) is 2.16. The molecular weight excluding hydrogens is 238 g/mol. The lowest BCUT2D eigenvalue weighted by Crippen LogP contribution is -2.19. The van der Waals surface area contributed by atoms with Crippen LogP contribution in [0.4, 0.5) is 5.69 Å². The van der Waals surface area contributed by atoms with Gasteiger partial charge in [-0.2, -0.15) is 0 Å². The third-order valence-electron chi connectivity index (χ3n) is 2.33. The van der Waals surface area contributed by atoms with Gasteiger partial charge in [0, 0.05) is 4.90 Å². The summed E-state index contributed by atoms with van der Waals surface area (Å²) in [5, 5.41) is 2.79. The molecule has 1 heterocycles. The number of amides is 1. The van der Waals surface area contributed by atoms with Crippen molar-refractivity contribution in [2.24, 2.45) is 0 Å². The molecule has 0 saturated carbocycles. The first-order valence-corrected chi connectivity index (χ1v) is 6.39. The lowest BCUT2D eigenvalue weighted by atomic mass is 10.1. The van der Waals surface area contributed by atoms with Gasteiger partial charge in [0.25, 0.3) is 0 Å². The van der Waals surface area contributed by atoms with Crippen LogP contribution in [0.2, 0.25) is 0 Å². The van der Waals surface area contributed by atoms with Crippen LogP contribution in [0.1, 0.15) is 12.5 Å². The number of nitrogens with one attached hydrogen (secondary N) is 1. The Morgan fingerprint density at radius 3 is 3.12 bits per heavy atom. The number of carbonyl (C=O) groups is 2. The number of esters is 1. The first-order valence-electron chi connectivity index (χ1n) is 5.40. The lowest BCUT2D eigenvalue weighted by Gasteiger charge is -2.16. The lowest BCUT2D eigenvalue weighted by molar-refractivity contribution is -0.142. The summed E-state index contributed by atoms with van der Waals surface area (Å²) in [6.07, 6.45) is 0.238. The minimum Gasteiger partial charge on any atom is -0.466 e. The minimum atomic E-state index is -0.248.